The summed E-state index contributed by atoms with van der Waals surface area (Å²) in [6.45, 7) is 4.57. The summed E-state index contributed by atoms with van der Waals surface area (Å²) in [5, 5.41) is 9.49. The Kier molecular flexibility index (Phi) is 22.7. The number of nitrogens with zero attached hydrogens (tertiary/aromatic N) is 1. The molecule has 8 nitrogen and oxygen atoms in total. The molecular weight excluding hydrogens is 498 g/mol. The molecule has 0 heterocycles. The molecule has 0 aromatic heterocycles. The Morgan fingerprint density at radius 1 is 0.744 bits per heavy atom. The number of quaternary nitrogens is 1. The number of carboxylic acid groups (broad SMARTS) is 1. The minimum absolute atomic E-state index is 0.0528. The molecule has 0 aliphatic carbocycles. The highest BCUT2D eigenvalue weighted by molar-refractivity contribution is 5.72. The van der Waals surface area contributed by atoms with E-state index in [-0.39, 0.29) is 42.7 Å². The normalized spacial score (nSPS) is 13.4. The van der Waals surface area contributed by atoms with E-state index in [4.69, 9.17) is 14.2 Å². The van der Waals surface area contributed by atoms with Crippen molar-refractivity contribution in [2.24, 2.45) is 0 Å². The first-order chi connectivity index (χ1) is 18.6. The maximum atomic E-state index is 12.4. The molecule has 0 aliphatic rings. The number of carbonyl (C=O) groups excluding carboxylic acids is 2. The molecule has 0 rings (SSSR count). The molecule has 0 aromatic rings. The molecule has 0 saturated heterocycles. The van der Waals surface area contributed by atoms with Crippen molar-refractivity contribution in [2.75, 3.05) is 41.0 Å². The number of aliphatic carboxylic acids is 1. The summed E-state index contributed by atoms with van der Waals surface area (Å²) in [6, 6.07) is -0.610. The van der Waals surface area contributed by atoms with Gasteiger partial charge in [0.15, 0.2) is 12.1 Å². The van der Waals surface area contributed by atoms with Crippen LogP contribution in [-0.2, 0) is 28.6 Å². The van der Waals surface area contributed by atoms with Crippen LogP contribution in [0, 0.1) is 0 Å². The predicted molar refractivity (Wildman–Crippen MR) is 155 cm³/mol. The lowest BCUT2D eigenvalue weighted by molar-refractivity contribution is -0.887. The Balaban J connectivity index is 4.58. The van der Waals surface area contributed by atoms with Gasteiger partial charge in [-0.15, -0.1) is 0 Å². The van der Waals surface area contributed by atoms with Gasteiger partial charge in [0.25, 0.3) is 0 Å². The van der Waals surface area contributed by atoms with Gasteiger partial charge in [0, 0.05) is 19.3 Å². The first-order valence-electron chi connectivity index (χ1n) is 15.2. The fraction of sp³-hybridized carbons (Fsp3) is 0.839. The van der Waals surface area contributed by atoms with Crippen LogP contribution in [-0.4, -0.2) is 80.6 Å². The second-order valence-electron chi connectivity index (χ2n) is 11.4. The van der Waals surface area contributed by atoms with Gasteiger partial charge in [0.2, 0.25) is 0 Å². The summed E-state index contributed by atoms with van der Waals surface area (Å²) in [5.74, 6) is -1.54. The third-order valence-electron chi connectivity index (χ3n) is 6.68. The average molecular weight is 557 g/mol. The number of likely N-dealkylation sites (N-methyl/N-ethyl adjacent to an activating group) is 1. The number of ether oxygens (including phenoxy) is 3. The Morgan fingerprint density at radius 3 is 1.95 bits per heavy atom. The highest BCUT2D eigenvalue weighted by atomic mass is 16.6. The smallest absolute Gasteiger partial charge is 0.362 e. The van der Waals surface area contributed by atoms with Gasteiger partial charge in [-0.2, -0.15) is 0 Å². The highest BCUT2D eigenvalue weighted by Gasteiger charge is 2.31. The Labute approximate surface area is 238 Å². The minimum atomic E-state index is -0.882. The Hall–Kier alpha value is -1.93. The number of carbonyl (C=O) groups is 3. The number of hydrogen-bond donors (Lipinski definition) is 1. The lowest BCUT2D eigenvalue weighted by atomic mass is 10.1. The van der Waals surface area contributed by atoms with Crippen molar-refractivity contribution in [3.8, 4) is 0 Å². The van der Waals surface area contributed by atoms with Crippen molar-refractivity contribution in [3.05, 3.63) is 12.2 Å². The summed E-state index contributed by atoms with van der Waals surface area (Å²) in [6.07, 6.45) is 18.6. The zero-order valence-corrected chi connectivity index (χ0v) is 25.6. The van der Waals surface area contributed by atoms with Crippen LogP contribution in [0.15, 0.2) is 12.2 Å². The largest absolute Gasteiger partial charge is 0.477 e. The molecule has 0 radical (unpaired) electrons. The quantitative estimate of drug-likeness (QED) is 0.0565. The van der Waals surface area contributed by atoms with Crippen LogP contribution >= 0.6 is 0 Å². The first-order valence-corrected chi connectivity index (χ1v) is 15.2. The van der Waals surface area contributed by atoms with Crippen LogP contribution in [0.5, 0.6) is 0 Å². The molecule has 2 atom stereocenters. The van der Waals surface area contributed by atoms with Gasteiger partial charge >= 0.3 is 17.9 Å². The van der Waals surface area contributed by atoms with E-state index in [9.17, 15) is 19.5 Å². The van der Waals surface area contributed by atoms with Crippen molar-refractivity contribution in [1.29, 1.82) is 0 Å². The zero-order valence-electron chi connectivity index (χ0n) is 25.6. The summed E-state index contributed by atoms with van der Waals surface area (Å²) < 4.78 is 16.9. The average Bonchev–Trinajstić information content (AvgIpc) is 2.86. The molecular formula is C31H58NO7+. The summed E-state index contributed by atoms with van der Waals surface area (Å²) in [4.78, 5) is 36.2. The second kappa shape index (κ2) is 23.9. The summed E-state index contributed by atoms with van der Waals surface area (Å²) in [5.41, 5.74) is 0. The van der Waals surface area contributed by atoms with Crippen LogP contribution in [0.25, 0.3) is 0 Å². The minimum Gasteiger partial charge on any atom is -0.477 e. The van der Waals surface area contributed by atoms with E-state index in [1.54, 1.807) is 0 Å². The summed E-state index contributed by atoms with van der Waals surface area (Å²) >= 11 is 0. The van der Waals surface area contributed by atoms with Gasteiger partial charge in [-0.1, -0.05) is 83.8 Å². The lowest BCUT2D eigenvalue weighted by Crippen LogP contribution is -2.50. The summed E-state index contributed by atoms with van der Waals surface area (Å²) in [7, 11) is 5.48. The van der Waals surface area contributed by atoms with Crippen molar-refractivity contribution in [3.63, 3.8) is 0 Å². The fourth-order valence-electron chi connectivity index (χ4n) is 4.22. The zero-order chi connectivity index (χ0) is 29.4. The van der Waals surface area contributed by atoms with E-state index in [2.05, 4.69) is 19.9 Å². The van der Waals surface area contributed by atoms with Crippen LogP contribution in [0.4, 0.5) is 0 Å². The number of hydrogen-bond acceptors (Lipinski definition) is 6. The van der Waals surface area contributed by atoms with Gasteiger partial charge in [-0.25, -0.2) is 4.79 Å². The van der Waals surface area contributed by atoms with Crippen LogP contribution in [0.3, 0.4) is 0 Å². The monoisotopic (exact) mass is 556 g/mol. The maximum Gasteiger partial charge on any atom is 0.362 e. The first kappa shape index (κ1) is 37.1. The highest BCUT2D eigenvalue weighted by Crippen LogP contribution is 2.12. The molecule has 0 aromatic carbocycles. The van der Waals surface area contributed by atoms with Crippen molar-refractivity contribution < 1.29 is 38.2 Å². The molecule has 1 N–H and O–H groups in total. The SMILES string of the molecule is CCCCCC/C=C/CCC(=O)OCC(COCCC(C(=O)O)[N+](C)(C)C)OC(=O)CCCCCCCCC. The molecule has 0 bridgehead atoms. The Bertz CT molecular complexity index is 672. The number of unbranched alkanes of at least 4 members (excludes halogenated alkanes) is 10. The van der Waals surface area contributed by atoms with Crippen LogP contribution in [0.2, 0.25) is 0 Å². The number of rotatable bonds is 26. The molecule has 0 amide bonds. The van der Waals surface area contributed by atoms with E-state index in [0.29, 0.717) is 19.3 Å². The molecule has 0 saturated carbocycles. The van der Waals surface area contributed by atoms with Gasteiger partial charge in [-0.3, -0.25) is 9.59 Å². The fourth-order valence-corrected chi connectivity index (χ4v) is 4.22. The van der Waals surface area contributed by atoms with Crippen molar-refractivity contribution in [1.82, 2.24) is 0 Å². The predicted octanol–water partition coefficient (Wildman–Crippen LogP) is 6.46. The van der Waals surface area contributed by atoms with Gasteiger partial charge < -0.3 is 23.8 Å². The molecule has 39 heavy (non-hydrogen) atoms. The Morgan fingerprint density at radius 2 is 1.33 bits per heavy atom. The van der Waals surface area contributed by atoms with Gasteiger partial charge in [0.05, 0.1) is 34.4 Å². The molecule has 0 spiro atoms. The maximum absolute atomic E-state index is 12.4. The van der Waals surface area contributed by atoms with E-state index in [0.717, 1.165) is 25.7 Å². The van der Waals surface area contributed by atoms with Gasteiger partial charge in [-0.05, 0) is 25.7 Å². The van der Waals surface area contributed by atoms with Gasteiger partial charge in [0.1, 0.15) is 6.61 Å². The van der Waals surface area contributed by atoms with Crippen molar-refractivity contribution in [2.45, 2.75) is 129 Å². The van der Waals surface area contributed by atoms with E-state index in [1.165, 1.54) is 51.4 Å². The number of esters is 2. The van der Waals surface area contributed by atoms with E-state index in [1.807, 2.05) is 27.2 Å². The van der Waals surface area contributed by atoms with E-state index < -0.39 is 18.1 Å². The van der Waals surface area contributed by atoms with Crippen LogP contribution in [0.1, 0.15) is 117 Å². The standard InChI is InChI=1S/C31H57NO7/c1-6-8-10-12-14-16-17-19-21-29(33)38-26-27(25-37-24-23-28(31(35)36)32(3,4)5)39-30(34)22-20-18-15-13-11-9-7-2/h16-17,27-28H,6-15,18-26H2,1-5H3/p+1/b17-16+. The topological polar surface area (TPSA) is 99.1 Å². The van der Waals surface area contributed by atoms with Crippen molar-refractivity contribution >= 4 is 17.9 Å². The third kappa shape index (κ3) is 22.6. The number of allylic oxidation sites excluding steroid dienone is 2. The molecule has 8 heteroatoms. The third-order valence-corrected chi connectivity index (χ3v) is 6.68. The van der Waals surface area contributed by atoms with E-state index >= 15 is 0 Å². The molecule has 228 valence electrons. The molecule has 2 unspecified atom stereocenters. The lowest BCUT2D eigenvalue weighted by Gasteiger charge is -2.31. The van der Waals surface area contributed by atoms with Crippen LogP contribution < -0.4 is 0 Å². The second-order valence-corrected chi connectivity index (χ2v) is 11.4. The number of carboxylic acids is 1. The molecule has 0 fully saturated rings. The molecule has 0 aliphatic heterocycles.